The maximum atomic E-state index is 12.6. The van der Waals surface area contributed by atoms with Crippen molar-refractivity contribution in [2.45, 2.75) is 0 Å². The number of anilines is 1. The number of nitrogens with zero attached hydrogens (tertiary/aromatic N) is 3. The van der Waals surface area contributed by atoms with Crippen LogP contribution < -0.4 is 10.3 Å². The molecule has 0 radical (unpaired) electrons. The number of hydrogen-bond acceptors (Lipinski definition) is 4. The number of benzene rings is 2. The summed E-state index contributed by atoms with van der Waals surface area (Å²) in [5.41, 5.74) is 4.45. The van der Waals surface area contributed by atoms with Gasteiger partial charge in [-0.25, -0.2) is 5.43 Å². The van der Waals surface area contributed by atoms with E-state index in [0.717, 1.165) is 16.5 Å². The zero-order valence-corrected chi connectivity index (χ0v) is 13.2. The van der Waals surface area contributed by atoms with Crippen molar-refractivity contribution in [2.75, 3.05) is 11.4 Å². The maximum absolute atomic E-state index is 12.6. The van der Waals surface area contributed by atoms with Crippen molar-refractivity contribution in [3.8, 4) is 0 Å². The molecule has 1 aliphatic rings. The molecule has 1 N–H and O–H groups in total. The number of carbonyl (C=O) groups excluding carboxylic acids is 2. The third-order valence-electron chi connectivity index (χ3n) is 4.02. The van der Waals surface area contributed by atoms with Crippen LogP contribution in [0, 0.1) is 0 Å². The topological polar surface area (TPSA) is 74.7 Å². The van der Waals surface area contributed by atoms with E-state index >= 15 is 0 Å². The average molecular weight is 330 g/mol. The molecule has 0 unspecified atom stereocenters. The molecule has 2 heterocycles. The first-order valence-corrected chi connectivity index (χ1v) is 7.80. The second-order valence-corrected chi connectivity index (χ2v) is 5.62. The number of carbonyl (C=O) groups is 2. The Morgan fingerprint density at radius 1 is 1.12 bits per heavy atom. The average Bonchev–Trinajstić information content (AvgIpc) is 2.91. The van der Waals surface area contributed by atoms with Crippen LogP contribution in [0.1, 0.15) is 16.1 Å². The number of pyridine rings is 1. The van der Waals surface area contributed by atoms with Crippen LogP contribution in [0.5, 0.6) is 0 Å². The highest BCUT2D eigenvalue weighted by Gasteiger charge is 2.30. The molecule has 6 heteroatoms. The summed E-state index contributed by atoms with van der Waals surface area (Å²) >= 11 is 0. The molecule has 0 aliphatic carbocycles. The van der Waals surface area contributed by atoms with E-state index in [1.54, 1.807) is 24.4 Å². The Morgan fingerprint density at radius 2 is 1.96 bits per heavy atom. The van der Waals surface area contributed by atoms with Crippen LogP contribution in [0.4, 0.5) is 5.69 Å². The Kier molecular flexibility index (Phi) is 3.70. The standard InChI is InChI=1S/C19H14N4O2/c24-17(22-21-11-14-7-1-2-10-20-14)12-23-16-9-4-6-13-5-3-8-15(18(13)16)19(23)25/h1-11H,12H2,(H,22,24)/b21-11-. The highest BCUT2D eigenvalue weighted by molar-refractivity contribution is 6.26. The molecular formula is C19H14N4O2. The van der Waals surface area contributed by atoms with E-state index in [2.05, 4.69) is 15.5 Å². The molecule has 2 amide bonds. The third kappa shape index (κ3) is 2.74. The van der Waals surface area contributed by atoms with E-state index in [-0.39, 0.29) is 18.4 Å². The molecule has 0 bridgehead atoms. The summed E-state index contributed by atoms with van der Waals surface area (Å²) in [6, 6.07) is 16.7. The second kappa shape index (κ2) is 6.16. The SMILES string of the molecule is O=C(CN1C(=O)c2cccc3cccc1c23)N/N=C\c1ccccn1. The summed E-state index contributed by atoms with van der Waals surface area (Å²) in [5, 5.41) is 5.76. The number of nitrogens with one attached hydrogen (secondary N) is 1. The quantitative estimate of drug-likeness (QED) is 0.589. The number of rotatable bonds is 4. The van der Waals surface area contributed by atoms with Gasteiger partial charge in [-0.1, -0.05) is 30.3 Å². The summed E-state index contributed by atoms with van der Waals surface area (Å²) in [4.78, 5) is 30.3. The van der Waals surface area contributed by atoms with Gasteiger partial charge in [0.05, 0.1) is 17.6 Å². The zero-order chi connectivity index (χ0) is 17.2. The van der Waals surface area contributed by atoms with Crippen molar-refractivity contribution in [1.82, 2.24) is 10.4 Å². The highest BCUT2D eigenvalue weighted by Crippen LogP contribution is 2.36. The summed E-state index contributed by atoms with van der Waals surface area (Å²) in [7, 11) is 0. The molecule has 2 aromatic carbocycles. The van der Waals surface area contributed by atoms with Crippen LogP contribution in [-0.2, 0) is 4.79 Å². The molecule has 1 aliphatic heterocycles. The minimum atomic E-state index is -0.370. The van der Waals surface area contributed by atoms with Gasteiger partial charge < -0.3 is 0 Å². The van der Waals surface area contributed by atoms with E-state index in [1.165, 1.54) is 11.1 Å². The molecular weight excluding hydrogens is 316 g/mol. The number of amides is 2. The first kappa shape index (κ1) is 15.0. The number of hydrogen-bond donors (Lipinski definition) is 1. The van der Waals surface area contributed by atoms with E-state index in [9.17, 15) is 9.59 Å². The fourth-order valence-electron chi connectivity index (χ4n) is 2.94. The predicted molar refractivity (Wildman–Crippen MR) is 95.6 cm³/mol. The van der Waals surface area contributed by atoms with Gasteiger partial charge in [0.2, 0.25) is 0 Å². The molecule has 6 nitrogen and oxygen atoms in total. The summed E-state index contributed by atoms with van der Waals surface area (Å²) in [5.74, 6) is -0.541. The Hall–Kier alpha value is -3.54. The van der Waals surface area contributed by atoms with Crippen LogP contribution in [0.3, 0.4) is 0 Å². The molecule has 0 fully saturated rings. The van der Waals surface area contributed by atoms with Gasteiger partial charge in [-0.15, -0.1) is 0 Å². The maximum Gasteiger partial charge on any atom is 0.260 e. The summed E-state index contributed by atoms with van der Waals surface area (Å²) < 4.78 is 0. The van der Waals surface area contributed by atoms with Gasteiger partial charge in [0.15, 0.2) is 0 Å². The van der Waals surface area contributed by atoms with Crippen LogP contribution in [0.25, 0.3) is 10.8 Å². The lowest BCUT2D eigenvalue weighted by Gasteiger charge is -2.16. The van der Waals surface area contributed by atoms with E-state index in [1.807, 2.05) is 36.4 Å². The Labute approximate surface area is 143 Å². The molecule has 0 saturated heterocycles. The van der Waals surface area contributed by atoms with Crippen molar-refractivity contribution in [3.63, 3.8) is 0 Å². The van der Waals surface area contributed by atoms with Crippen LogP contribution >= 0.6 is 0 Å². The van der Waals surface area contributed by atoms with Gasteiger partial charge in [0.25, 0.3) is 11.8 Å². The Bertz CT molecular complexity index is 993. The van der Waals surface area contributed by atoms with Gasteiger partial charge in [0, 0.05) is 17.1 Å². The van der Waals surface area contributed by atoms with Crippen LogP contribution in [0.2, 0.25) is 0 Å². The Balaban J connectivity index is 1.50. The smallest absolute Gasteiger partial charge is 0.260 e. The summed E-state index contributed by atoms with van der Waals surface area (Å²) in [6.45, 7) is -0.0911. The first-order chi connectivity index (χ1) is 12.2. The van der Waals surface area contributed by atoms with Crippen molar-refractivity contribution >= 4 is 34.5 Å². The van der Waals surface area contributed by atoms with Gasteiger partial charge in [-0.05, 0) is 29.7 Å². The normalized spacial score (nSPS) is 13.0. The molecule has 4 rings (SSSR count). The highest BCUT2D eigenvalue weighted by atomic mass is 16.2. The lowest BCUT2D eigenvalue weighted by atomic mass is 10.1. The predicted octanol–water partition coefficient (Wildman–Crippen LogP) is 2.35. The lowest BCUT2D eigenvalue weighted by molar-refractivity contribution is -0.119. The van der Waals surface area contributed by atoms with Crippen molar-refractivity contribution in [3.05, 3.63) is 72.1 Å². The lowest BCUT2D eigenvalue weighted by Crippen LogP contribution is -2.37. The van der Waals surface area contributed by atoms with Crippen LogP contribution in [-0.4, -0.2) is 29.6 Å². The zero-order valence-electron chi connectivity index (χ0n) is 13.2. The fraction of sp³-hybridized carbons (Fsp3) is 0.0526. The second-order valence-electron chi connectivity index (χ2n) is 5.62. The van der Waals surface area contributed by atoms with E-state index in [4.69, 9.17) is 0 Å². The third-order valence-corrected chi connectivity index (χ3v) is 4.02. The van der Waals surface area contributed by atoms with Gasteiger partial charge in [-0.3, -0.25) is 19.5 Å². The molecule has 3 aromatic rings. The molecule has 1 aromatic heterocycles. The van der Waals surface area contributed by atoms with Crippen LogP contribution in [0.15, 0.2) is 65.9 Å². The Morgan fingerprint density at radius 3 is 2.76 bits per heavy atom. The van der Waals surface area contributed by atoms with Gasteiger partial charge >= 0.3 is 0 Å². The molecule has 25 heavy (non-hydrogen) atoms. The molecule has 0 spiro atoms. The van der Waals surface area contributed by atoms with Crippen molar-refractivity contribution < 1.29 is 9.59 Å². The van der Waals surface area contributed by atoms with E-state index in [0.29, 0.717) is 11.3 Å². The first-order valence-electron chi connectivity index (χ1n) is 7.80. The fourth-order valence-corrected chi connectivity index (χ4v) is 2.94. The summed E-state index contributed by atoms with van der Waals surface area (Å²) in [6.07, 6.45) is 3.10. The van der Waals surface area contributed by atoms with Crippen molar-refractivity contribution in [1.29, 1.82) is 0 Å². The van der Waals surface area contributed by atoms with E-state index < -0.39 is 0 Å². The molecule has 0 atom stereocenters. The monoisotopic (exact) mass is 330 g/mol. The number of hydrazone groups is 1. The number of aromatic nitrogens is 1. The molecule has 0 saturated carbocycles. The molecule has 122 valence electrons. The minimum Gasteiger partial charge on any atom is -0.298 e. The van der Waals surface area contributed by atoms with Gasteiger partial charge in [-0.2, -0.15) is 5.10 Å². The largest absolute Gasteiger partial charge is 0.298 e. The van der Waals surface area contributed by atoms with Gasteiger partial charge in [0.1, 0.15) is 6.54 Å². The minimum absolute atomic E-state index is 0.0911. The van der Waals surface area contributed by atoms with Crippen molar-refractivity contribution in [2.24, 2.45) is 5.10 Å².